The second-order valence-corrected chi connectivity index (χ2v) is 4.36. The lowest BCUT2D eigenvalue weighted by Crippen LogP contribution is -2.18. The van der Waals surface area contributed by atoms with Crippen LogP contribution in [0.4, 0.5) is 10.3 Å². The minimum atomic E-state index is -1.31. The summed E-state index contributed by atoms with van der Waals surface area (Å²) in [7, 11) is 0. The van der Waals surface area contributed by atoms with E-state index in [4.69, 9.17) is 15.6 Å². The van der Waals surface area contributed by atoms with E-state index in [0.29, 0.717) is 0 Å². The van der Waals surface area contributed by atoms with Crippen LogP contribution >= 0.6 is 0 Å². The van der Waals surface area contributed by atoms with E-state index in [2.05, 4.69) is 15.0 Å². The van der Waals surface area contributed by atoms with Gasteiger partial charge in [-0.05, 0) is 0 Å². The fourth-order valence-corrected chi connectivity index (χ4v) is 2.19. The number of nitrogens with two attached hydrogens (primary N) is 1. The first-order chi connectivity index (χ1) is 9.10. The summed E-state index contributed by atoms with van der Waals surface area (Å²) in [5, 5.41) is 8.99. The highest BCUT2D eigenvalue weighted by molar-refractivity contribution is 5.70. The van der Waals surface area contributed by atoms with Gasteiger partial charge in [-0.1, -0.05) is 0 Å². The van der Waals surface area contributed by atoms with Crippen LogP contribution in [-0.4, -0.2) is 43.5 Å². The third-order valence-corrected chi connectivity index (χ3v) is 3.06. The van der Waals surface area contributed by atoms with Gasteiger partial charge in [-0.25, -0.2) is 9.37 Å². The number of halogens is 1. The summed E-state index contributed by atoms with van der Waals surface area (Å²) in [5.74, 6) is -0.0774. The minimum absolute atomic E-state index is 0.0671. The van der Waals surface area contributed by atoms with Gasteiger partial charge in [0.25, 0.3) is 5.56 Å². The third-order valence-electron chi connectivity index (χ3n) is 3.06. The lowest BCUT2D eigenvalue weighted by Gasteiger charge is -2.15. The van der Waals surface area contributed by atoms with Crippen LogP contribution in [0.15, 0.2) is 11.1 Å². The maximum atomic E-state index is 13.9. The molecule has 1 saturated heterocycles. The van der Waals surface area contributed by atoms with Crippen molar-refractivity contribution in [2.24, 2.45) is 0 Å². The van der Waals surface area contributed by atoms with Gasteiger partial charge in [0.2, 0.25) is 5.95 Å². The fraction of sp³-hybridized carbons (Fsp3) is 0.500. The molecule has 19 heavy (non-hydrogen) atoms. The van der Waals surface area contributed by atoms with Crippen molar-refractivity contribution >= 4 is 17.1 Å². The van der Waals surface area contributed by atoms with Crippen LogP contribution in [0.25, 0.3) is 11.2 Å². The van der Waals surface area contributed by atoms with Gasteiger partial charge in [-0.2, -0.15) is 4.98 Å². The minimum Gasteiger partial charge on any atom is -0.394 e. The van der Waals surface area contributed by atoms with Gasteiger partial charge in [-0.15, -0.1) is 0 Å². The Bertz CT molecular complexity index is 669. The average molecular weight is 269 g/mol. The maximum Gasteiger partial charge on any atom is 0.280 e. The van der Waals surface area contributed by atoms with Gasteiger partial charge in [0.15, 0.2) is 17.4 Å². The number of rotatable bonds is 2. The van der Waals surface area contributed by atoms with Crippen LogP contribution in [0.1, 0.15) is 12.6 Å². The molecule has 0 amide bonds. The molecule has 0 saturated carbocycles. The predicted molar refractivity (Wildman–Crippen MR) is 63.1 cm³/mol. The number of aliphatic hydroxyl groups is 1. The zero-order valence-corrected chi connectivity index (χ0v) is 9.78. The lowest BCUT2D eigenvalue weighted by molar-refractivity contribution is -0.0351. The molecule has 102 valence electrons. The zero-order valence-electron chi connectivity index (χ0n) is 9.78. The summed E-state index contributed by atoms with van der Waals surface area (Å²) in [6.45, 7) is -0.264. The number of aliphatic hydroxyl groups excluding tert-OH is 1. The van der Waals surface area contributed by atoms with Crippen LogP contribution in [0, 0.1) is 0 Å². The second kappa shape index (κ2) is 4.28. The van der Waals surface area contributed by atoms with E-state index >= 15 is 0 Å². The van der Waals surface area contributed by atoms with Crippen LogP contribution in [-0.2, 0) is 4.74 Å². The van der Waals surface area contributed by atoms with Gasteiger partial charge in [0.05, 0.1) is 19.0 Å². The fourth-order valence-electron chi connectivity index (χ4n) is 2.19. The molecule has 0 aromatic carbocycles. The standard InChI is InChI=1S/C10H12FN5O3/c11-5-1-4(2-17)19-9(5)16-3-13-6-7(16)14-10(12)15-8(6)18/h3-5,9,17H,1-2H2,(H3,12,14,15,18)/t4-,5-,9-/m1/s1. The number of fused-ring (bicyclic) bond motifs is 1. The lowest BCUT2D eigenvalue weighted by atomic mass is 10.2. The van der Waals surface area contributed by atoms with E-state index in [1.54, 1.807) is 0 Å². The summed E-state index contributed by atoms with van der Waals surface area (Å²) in [5.41, 5.74) is 5.19. The molecule has 8 nitrogen and oxygen atoms in total. The van der Waals surface area contributed by atoms with Crippen molar-refractivity contribution in [1.82, 2.24) is 19.5 Å². The molecule has 3 atom stereocenters. The number of nitrogens with zero attached hydrogens (tertiary/aromatic N) is 3. The molecule has 0 radical (unpaired) electrons. The second-order valence-electron chi connectivity index (χ2n) is 4.36. The molecular formula is C10H12FN5O3. The highest BCUT2D eigenvalue weighted by atomic mass is 19.1. The van der Waals surface area contributed by atoms with Crippen LogP contribution < -0.4 is 11.3 Å². The molecule has 2 aromatic rings. The summed E-state index contributed by atoms with van der Waals surface area (Å²) < 4.78 is 20.6. The number of nitrogens with one attached hydrogen (secondary N) is 1. The number of aromatic amines is 1. The van der Waals surface area contributed by atoms with E-state index in [0.717, 1.165) is 0 Å². The molecule has 0 bridgehead atoms. The molecule has 3 rings (SSSR count). The number of hydrogen-bond donors (Lipinski definition) is 3. The van der Waals surface area contributed by atoms with E-state index in [-0.39, 0.29) is 30.1 Å². The average Bonchev–Trinajstić information content (AvgIpc) is 2.92. The Morgan fingerprint density at radius 2 is 2.47 bits per heavy atom. The van der Waals surface area contributed by atoms with Gasteiger partial charge in [0.1, 0.15) is 6.17 Å². The summed E-state index contributed by atoms with van der Waals surface area (Å²) in [6.07, 6.45) is -1.48. The molecule has 1 aliphatic rings. The SMILES string of the molecule is Nc1nc2c(ncn2[C@@H]2O[C@@H](CO)C[C@H]2F)c(=O)[nH]1. The number of alkyl halides is 1. The quantitative estimate of drug-likeness (QED) is 0.664. The highest BCUT2D eigenvalue weighted by Crippen LogP contribution is 2.32. The van der Waals surface area contributed by atoms with Crippen molar-refractivity contribution in [2.75, 3.05) is 12.3 Å². The van der Waals surface area contributed by atoms with Gasteiger partial charge in [0, 0.05) is 6.42 Å². The molecule has 0 spiro atoms. The Morgan fingerprint density at radius 1 is 1.68 bits per heavy atom. The Kier molecular flexibility index (Phi) is 2.72. The first kappa shape index (κ1) is 12.1. The Morgan fingerprint density at radius 3 is 3.16 bits per heavy atom. The molecule has 1 fully saturated rings. The zero-order chi connectivity index (χ0) is 13.6. The molecule has 0 unspecified atom stereocenters. The van der Waals surface area contributed by atoms with Gasteiger partial charge in [-0.3, -0.25) is 14.3 Å². The third kappa shape index (κ3) is 1.87. The van der Waals surface area contributed by atoms with Gasteiger partial charge >= 0.3 is 0 Å². The van der Waals surface area contributed by atoms with Crippen LogP contribution in [0.3, 0.4) is 0 Å². The van der Waals surface area contributed by atoms with E-state index in [9.17, 15) is 9.18 Å². The predicted octanol–water partition coefficient (Wildman–Crippen LogP) is -0.680. The van der Waals surface area contributed by atoms with Crippen molar-refractivity contribution < 1.29 is 14.2 Å². The van der Waals surface area contributed by atoms with E-state index in [1.165, 1.54) is 10.9 Å². The number of anilines is 1. The number of ether oxygens (including phenoxy) is 1. The molecule has 1 aliphatic heterocycles. The molecule has 3 heterocycles. The van der Waals surface area contributed by atoms with Gasteiger partial charge < -0.3 is 15.6 Å². The summed E-state index contributed by atoms with van der Waals surface area (Å²) >= 11 is 0. The van der Waals surface area contributed by atoms with Crippen molar-refractivity contribution in [1.29, 1.82) is 0 Å². The van der Waals surface area contributed by atoms with Crippen molar-refractivity contribution in [3.8, 4) is 0 Å². The molecule has 0 aliphatic carbocycles. The summed E-state index contributed by atoms with van der Waals surface area (Å²) in [6, 6.07) is 0. The van der Waals surface area contributed by atoms with Crippen molar-refractivity contribution in [2.45, 2.75) is 24.9 Å². The molecular weight excluding hydrogens is 257 g/mol. The normalized spacial score (nSPS) is 27.2. The summed E-state index contributed by atoms with van der Waals surface area (Å²) in [4.78, 5) is 21.7. The number of H-pyrrole nitrogens is 1. The van der Waals surface area contributed by atoms with Crippen LogP contribution in [0.5, 0.6) is 0 Å². The smallest absolute Gasteiger partial charge is 0.280 e. The number of nitrogen functional groups attached to an aromatic ring is 1. The Labute approximate surface area is 106 Å². The number of hydrogen-bond acceptors (Lipinski definition) is 6. The molecule has 2 aromatic heterocycles. The number of aromatic nitrogens is 4. The van der Waals surface area contributed by atoms with E-state index < -0.39 is 24.1 Å². The van der Waals surface area contributed by atoms with Crippen LogP contribution in [0.2, 0.25) is 0 Å². The first-order valence-electron chi connectivity index (χ1n) is 5.73. The Hall–Kier alpha value is -2.00. The van der Waals surface area contributed by atoms with Crippen molar-refractivity contribution in [3.63, 3.8) is 0 Å². The van der Waals surface area contributed by atoms with Crippen molar-refractivity contribution in [3.05, 3.63) is 16.7 Å². The largest absolute Gasteiger partial charge is 0.394 e. The Balaban J connectivity index is 2.09. The molecule has 9 heteroatoms. The monoisotopic (exact) mass is 269 g/mol. The topological polar surface area (TPSA) is 119 Å². The highest BCUT2D eigenvalue weighted by Gasteiger charge is 2.37. The van der Waals surface area contributed by atoms with E-state index in [1.807, 2.05) is 0 Å². The molecule has 4 N–H and O–H groups in total. The first-order valence-corrected chi connectivity index (χ1v) is 5.73. The maximum absolute atomic E-state index is 13.9. The number of imidazole rings is 1.